The highest BCUT2D eigenvalue weighted by Gasteiger charge is 2.03. The predicted molar refractivity (Wildman–Crippen MR) is 75.6 cm³/mol. The molecule has 1 aromatic carbocycles. The number of halogens is 1. The minimum atomic E-state index is -0.407. The van der Waals surface area contributed by atoms with E-state index in [1.807, 2.05) is 0 Å². The first kappa shape index (κ1) is 13.3. The van der Waals surface area contributed by atoms with Crippen LogP contribution in [-0.4, -0.2) is 15.3 Å². The lowest BCUT2D eigenvalue weighted by Crippen LogP contribution is -2.35. The second-order valence-electron chi connectivity index (χ2n) is 4.05. The summed E-state index contributed by atoms with van der Waals surface area (Å²) < 4.78 is 2.34. The lowest BCUT2D eigenvalue weighted by molar-refractivity contribution is 0.689. The van der Waals surface area contributed by atoms with Crippen LogP contribution in [-0.2, 0) is 14.1 Å². The lowest BCUT2D eigenvalue weighted by Gasteiger charge is -2.04. The van der Waals surface area contributed by atoms with Gasteiger partial charge in [-0.05, 0) is 17.7 Å². The van der Waals surface area contributed by atoms with Gasteiger partial charge in [0.25, 0.3) is 5.56 Å². The van der Waals surface area contributed by atoms with Gasteiger partial charge >= 0.3 is 5.69 Å². The maximum atomic E-state index is 11.7. The number of hydrogen-bond donors (Lipinski definition) is 0. The molecule has 0 bridgehead atoms. The highest BCUT2D eigenvalue weighted by atomic mass is 35.5. The summed E-state index contributed by atoms with van der Waals surface area (Å²) in [5.41, 5.74) is 0.0413. The molecule has 0 saturated heterocycles. The molecule has 0 fully saturated rings. The Balaban J connectivity index is 2.42. The highest BCUT2D eigenvalue weighted by Crippen LogP contribution is 2.09. The molecule has 5 nitrogen and oxygen atoms in total. The van der Waals surface area contributed by atoms with Crippen LogP contribution in [0.3, 0.4) is 0 Å². The third-order valence-corrected chi connectivity index (χ3v) is 2.97. The van der Waals surface area contributed by atoms with Gasteiger partial charge in [0.1, 0.15) is 5.82 Å². The fraction of sp³-hybridized carbons (Fsp3) is 0.154. The van der Waals surface area contributed by atoms with Crippen molar-refractivity contribution in [3.8, 4) is 0 Å². The van der Waals surface area contributed by atoms with Crippen LogP contribution in [0.5, 0.6) is 0 Å². The van der Waals surface area contributed by atoms with Crippen molar-refractivity contribution < 1.29 is 0 Å². The van der Waals surface area contributed by atoms with E-state index in [9.17, 15) is 9.59 Å². The van der Waals surface area contributed by atoms with E-state index in [4.69, 9.17) is 11.6 Å². The molecule has 2 rings (SSSR count). The van der Waals surface area contributed by atoms with Gasteiger partial charge in [-0.25, -0.2) is 9.79 Å². The number of aromatic nitrogens is 2. The summed E-state index contributed by atoms with van der Waals surface area (Å²) in [5, 5.41) is 0.637. The SMILES string of the molecule is Cn1c(/N=C/c2ccc(Cl)cc2)cc(=O)n(C)c1=O. The molecular weight excluding hydrogens is 266 g/mol. The number of hydrogen-bond acceptors (Lipinski definition) is 3. The quantitative estimate of drug-likeness (QED) is 0.781. The summed E-state index contributed by atoms with van der Waals surface area (Å²) in [7, 11) is 2.99. The van der Waals surface area contributed by atoms with E-state index in [0.29, 0.717) is 10.8 Å². The van der Waals surface area contributed by atoms with Gasteiger partial charge in [0.05, 0.1) is 0 Å². The molecule has 0 saturated carbocycles. The maximum Gasteiger partial charge on any atom is 0.332 e. The summed E-state index contributed by atoms with van der Waals surface area (Å²) in [6.45, 7) is 0. The third kappa shape index (κ3) is 2.82. The van der Waals surface area contributed by atoms with Crippen LogP contribution >= 0.6 is 11.6 Å². The Morgan fingerprint density at radius 2 is 1.74 bits per heavy atom. The molecule has 0 spiro atoms. The van der Waals surface area contributed by atoms with E-state index in [2.05, 4.69) is 4.99 Å². The summed E-state index contributed by atoms with van der Waals surface area (Å²) in [5.74, 6) is 0.308. The van der Waals surface area contributed by atoms with Crippen LogP contribution in [0.1, 0.15) is 5.56 Å². The third-order valence-electron chi connectivity index (χ3n) is 2.72. The number of nitrogens with zero attached hydrogens (tertiary/aromatic N) is 3. The van der Waals surface area contributed by atoms with Gasteiger partial charge in [0.2, 0.25) is 0 Å². The lowest BCUT2D eigenvalue weighted by atomic mass is 10.2. The van der Waals surface area contributed by atoms with Crippen molar-refractivity contribution in [2.24, 2.45) is 19.1 Å². The standard InChI is InChI=1S/C13H12ClN3O2/c1-16-11(7-12(18)17(2)13(16)19)15-8-9-3-5-10(14)6-4-9/h3-8H,1-2H3/b15-8+. The fourth-order valence-corrected chi connectivity index (χ4v) is 1.66. The first-order chi connectivity index (χ1) is 8.99. The van der Waals surface area contributed by atoms with Crippen LogP contribution in [0.25, 0.3) is 0 Å². The molecule has 0 atom stereocenters. The van der Waals surface area contributed by atoms with Crippen molar-refractivity contribution in [3.63, 3.8) is 0 Å². The summed E-state index contributed by atoms with van der Waals surface area (Å²) in [6, 6.07) is 8.39. The Kier molecular flexibility index (Phi) is 3.66. The Labute approximate surface area is 114 Å². The molecule has 1 aromatic heterocycles. The summed E-state index contributed by atoms with van der Waals surface area (Å²) in [6.07, 6.45) is 1.57. The van der Waals surface area contributed by atoms with Crippen molar-refractivity contribution in [3.05, 3.63) is 61.8 Å². The predicted octanol–water partition coefficient (Wildman–Crippen LogP) is 1.49. The van der Waals surface area contributed by atoms with Gasteiger partial charge in [-0.15, -0.1) is 0 Å². The van der Waals surface area contributed by atoms with Crippen molar-refractivity contribution in [2.45, 2.75) is 0 Å². The van der Waals surface area contributed by atoms with E-state index >= 15 is 0 Å². The largest absolute Gasteiger partial charge is 0.332 e. The Morgan fingerprint density at radius 3 is 2.37 bits per heavy atom. The number of aliphatic imine (C=N–C) groups is 1. The van der Waals surface area contributed by atoms with Crippen molar-refractivity contribution >= 4 is 23.6 Å². The minimum absolute atomic E-state index is 0.308. The van der Waals surface area contributed by atoms with Crippen LogP contribution in [0, 0.1) is 0 Å². The molecule has 6 heteroatoms. The van der Waals surface area contributed by atoms with Crippen LogP contribution in [0.4, 0.5) is 5.82 Å². The van der Waals surface area contributed by atoms with E-state index in [1.54, 1.807) is 37.5 Å². The molecule has 0 unspecified atom stereocenters. The average Bonchev–Trinajstić information content (AvgIpc) is 2.41. The fourth-order valence-electron chi connectivity index (χ4n) is 1.53. The molecule has 0 aliphatic heterocycles. The first-order valence-corrected chi connectivity index (χ1v) is 5.93. The molecule has 0 N–H and O–H groups in total. The van der Waals surface area contributed by atoms with Gasteiger partial charge in [0.15, 0.2) is 0 Å². The van der Waals surface area contributed by atoms with Gasteiger partial charge in [-0.1, -0.05) is 23.7 Å². The molecule has 0 amide bonds. The van der Waals surface area contributed by atoms with E-state index in [-0.39, 0.29) is 5.56 Å². The summed E-state index contributed by atoms with van der Waals surface area (Å²) >= 11 is 5.78. The zero-order valence-electron chi connectivity index (χ0n) is 10.5. The van der Waals surface area contributed by atoms with Gasteiger partial charge in [0, 0.05) is 31.4 Å². The number of benzene rings is 1. The molecule has 2 aromatic rings. The smallest absolute Gasteiger partial charge is 0.281 e. The second-order valence-corrected chi connectivity index (χ2v) is 4.49. The molecule has 0 aliphatic carbocycles. The average molecular weight is 278 g/mol. The Bertz CT molecular complexity index is 742. The van der Waals surface area contributed by atoms with Crippen LogP contribution < -0.4 is 11.2 Å². The summed E-state index contributed by atoms with van der Waals surface area (Å²) in [4.78, 5) is 27.4. The Morgan fingerprint density at radius 1 is 1.11 bits per heavy atom. The Hall–Kier alpha value is -2.14. The van der Waals surface area contributed by atoms with Crippen molar-refractivity contribution in [1.82, 2.24) is 9.13 Å². The molecule has 0 aliphatic rings. The zero-order chi connectivity index (χ0) is 14.0. The molecule has 19 heavy (non-hydrogen) atoms. The van der Waals surface area contributed by atoms with Crippen molar-refractivity contribution in [2.75, 3.05) is 0 Å². The van der Waals surface area contributed by atoms with Crippen LogP contribution in [0.2, 0.25) is 5.02 Å². The molecular formula is C13H12ClN3O2. The van der Waals surface area contributed by atoms with Gasteiger partial charge < -0.3 is 0 Å². The molecule has 0 radical (unpaired) electrons. The molecule has 1 heterocycles. The monoisotopic (exact) mass is 277 g/mol. The van der Waals surface area contributed by atoms with Gasteiger partial charge in [-0.2, -0.15) is 0 Å². The topological polar surface area (TPSA) is 56.4 Å². The molecule has 98 valence electrons. The minimum Gasteiger partial charge on any atom is -0.281 e. The number of rotatable bonds is 2. The normalized spacial score (nSPS) is 11.1. The van der Waals surface area contributed by atoms with Crippen LogP contribution in [0.15, 0.2) is 44.9 Å². The second kappa shape index (κ2) is 5.24. The van der Waals surface area contributed by atoms with E-state index in [0.717, 1.165) is 10.1 Å². The van der Waals surface area contributed by atoms with E-state index in [1.165, 1.54) is 17.7 Å². The van der Waals surface area contributed by atoms with Crippen molar-refractivity contribution in [1.29, 1.82) is 0 Å². The van der Waals surface area contributed by atoms with E-state index < -0.39 is 5.69 Å². The zero-order valence-corrected chi connectivity index (χ0v) is 11.3. The van der Waals surface area contributed by atoms with Gasteiger partial charge in [-0.3, -0.25) is 13.9 Å². The first-order valence-electron chi connectivity index (χ1n) is 5.56. The maximum absolute atomic E-state index is 11.7. The highest BCUT2D eigenvalue weighted by molar-refractivity contribution is 6.30.